The lowest BCUT2D eigenvalue weighted by Crippen LogP contribution is -2.39. The number of hydrogen-bond acceptors (Lipinski definition) is 4. The van der Waals surface area contributed by atoms with Crippen LogP contribution in [0.3, 0.4) is 0 Å². The van der Waals surface area contributed by atoms with Gasteiger partial charge in [0.25, 0.3) is 0 Å². The van der Waals surface area contributed by atoms with Crippen molar-refractivity contribution >= 4 is 12.2 Å². The highest BCUT2D eigenvalue weighted by Crippen LogP contribution is 2.22. The van der Waals surface area contributed by atoms with Gasteiger partial charge in [-0.25, -0.2) is 4.79 Å². The van der Waals surface area contributed by atoms with Crippen molar-refractivity contribution in [1.29, 1.82) is 0 Å². The number of hydrogen-bond donors (Lipinski definition) is 0. The number of aliphatic imine (C=N–C) groups is 1. The van der Waals surface area contributed by atoms with Gasteiger partial charge >= 0.3 is 5.97 Å². The Morgan fingerprint density at radius 3 is 2.48 bits per heavy atom. The van der Waals surface area contributed by atoms with Crippen molar-refractivity contribution in [3.63, 3.8) is 0 Å². The number of benzene rings is 1. The summed E-state index contributed by atoms with van der Waals surface area (Å²) in [6.07, 6.45) is 8.26. The lowest BCUT2D eigenvalue weighted by atomic mass is 9.96. The molecule has 2 rings (SSSR count). The van der Waals surface area contributed by atoms with Crippen LogP contribution in [0.4, 0.5) is 0 Å². The normalized spacial score (nSPS) is 16.5. The zero-order valence-electron chi connectivity index (χ0n) is 14.4. The number of carbonyl (C=O) groups excluding carboxylic acids is 1. The maximum Gasteiger partial charge on any atom is 0.349 e. The van der Waals surface area contributed by atoms with E-state index >= 15 is 0 Å². The molecular weight excluding hydrogens is 290 g/mol. The average molecular weight is 317 g/mol. The molecule has 1 aliphatic carbocycles. The second kappa shape index (κ2) is 8.14. The van der Waals surface area contributed by atoms with Gasteiger partial charge in [0, 0.05) is 12.3 Å². The molecular formula is C19H27NO3. The van der Waals surface area contributed by atoms with E-state index in [0.29, 0.717) is 18.4 Å². The van der Waals surface area contributed by atoms with Crippen molar-refractivity contribution in [1.82, 2.24) is 0 Å². The van der Waals surface area contributed by atoms with Gasteiger partial charge in [0.15, 0.2) is 5.60 Å². The van der Waals surface area contributed by atoms with E-state index < -0.39 is 5.60 Å². The van der Waals surface area contributed by atoms with E-state index in [9.17, 15) is 4.79 Å². The largest absolute Gasteiger partial charge is 0.476 e. The van der Waals surface area contributed by atoms with E-state index in [-0.39, 0.29) is 5.97 Å². The Balaban J connectivity index is 1.93. The van der Waals surface area contributed by atoms with Gasteiger partial charge in [-0.2, -0.15) is 0 Å². The number of nitrogens with zero attached hydrogens (tertiary/aromatic N) is 1. The minimum atomic E-state index is -0.992. The molecule has 0 radical (unpaired) electrons. The third kappa shape index (κ3) is 5.38. The zero-order chi connectivity index (χ0) is 16.7. The Morgan fingerprint density at radius 2 is 1.87 bits per heavy atom. The lowest BCUT2D eigenvalue weighted by molar-refractivity contribution is -0.158. The summed E-state index contributed by atoms with van der Waals surface area (Å²) in [5.74, 6) is 0.292. The van der Waals surface area contributed by atoms with Crippen molar-refractivity contribution < 1.29 is 14.3 Å². The summed E-state index contributed by atoms with van der Waals surface area (Å²) in [5, 5.41) is 0. The van der Waals surface area contributed by atoms with Crippen molar-refractivity contribution in [2.75, 3.05) is 6.61 Å². The molecule has 0 unspecified atom stereocenters. The van der Waals surface area contributed by atoms with Crippen LogP contribution in [-0.2, 0) is 9.53 Å². The predicted molar refractivity (Wildman–Crippen MR) is 92.2 cm³/mol. The molecule has 0 aromatic heterocycles. The Morgan fingerprint density at radius 1 is 1.22 bits per heavy atom. The summed E-state index contributed by atoms with van der Waals surface area (Å²) in [5.41, 5.74) is 0.0603. The van der Waals surface area contributed by atoms with Crippen LogP contribution in [0, 0.1) is 0 Å². The van der Waals surface area contributed by atoms with Crippen LogP contribution in [0.25, 0.3) is 0 Å². The molecule has 1 aromatic rings. The highest BCUT2D eigenvalue weighted by molar-refractivity contribution is 5.80. The first-order chi connectivity index (χ1) is 11.0. The summed E-state index contributed by atoms with van der Waals surface area (Å²) in [7, 11) is 0. The molecule has 4 heteroatoms. The minimum absolute atomic E-state index is 0.349. The van der Waals surface area contributed by atoms with E-state index in [2.05, 4.69) is 4.99 Å². The smallest absolute Gasteiger partial charge is 0.349 e. The maximum atomic E-state index is 11.8. The summed E-state index contributed by atoms with van der Waals surface area (Å²) in [4.78, 5) is 16.5. The first-order valence-corrected chi connectivity index (χ1v) is 8.51. The van der Waals surface area contributed by atoms with Crippen molar-refractivity contribution in [2.45, 2.75) is 64.5 Å². The topological polar surface area (TPSA) is 47.9 Å². The van der Waals surface area contributed by atoms with E-state index in [4.69, 9.17) is 9.47 Å². The van der Waals surface area contributed by atoms with E-state index in [1.807, 2.05) is 30.5 Å². The summed E-state index contributed by atoms with van der Waals surface area (Å²) < 4.78 is 10.8. The third-order valence-corrected chi connectivity index (χ3v) is 4.03. The second-order valence-corrected chi connectivity index (χ2v) is 6.47. The van der Waals surface area contributed by atoms with Crippen LogP contribution in [-0.4, -0.2) is 30.4 Å². The summed E-state index contributed by atoms with van der Waals surface area (Å²) in [6, 6.07) is 8.13. The Bertz CT molecular complexity index is 528. The Kier molecular flexibility index (Phi) is 6.20. The molecule has 0 bridgehead atoms. The molecule has 0 aliphatic heterocycles. The number of rotatable bonds is 6. The van der Waals surface area contributed by atoms with Gasteiger partial charge in [-0.15, -0.1) is 0 Å². The van der Waals surface area contributed by atoms with Crippen LogP contribution < -0.4 is 4.74 Å². The zero-order valence-corrected chi connectivity index (χ0v) is 14.4. The molecule has 0 atom stereocenters. The molecule has 4 nitrogen and oxygen atoms in total. The molecule has 1 aromatic carbocycles. The van der Waals surface area contributed by atoms with E-state index in [0.717, 1.165) is 5.56 Å². The minimum Gasteiger partial charge on any atom is -0.476 e. The number of esters is 1. The van der Waals surface area contributed by atoms with Gasteiger partial charge in [0.05, 0.1) is 6.61 Å². The van der Waals surface area contributed by atoms with Crippen molar-refractivity contribution in [3.05, 3.63) is 29.8 Å². The van der Waals surface area contributed by atoms with Gasteiger partial charge in [-0.3, -0.25) is 4.99 Å². The fraction of sp³-hybridized carbons (Fsp3) is 0.579. The first-order valence-electron chi connectivity index (χ1n) is 8.51. The molecule has 0 spiro atoms. The molecule has 1 saturated carbocycles. The standard InChI is InChI=1S/C19H27NO3/c1-4-22-18(21)19(2,3)23-17-12-10-15(11-13-17)14-20-16-8-6-5-7-9-16/h10-14,16H,4-9H2,1-3H3. The fourth-order valence-corrected chi connectivity index (χ4v) is 2.68. The van der Waals surface area contributed by atoms with Crippen LogP contribution in [0.15, 0.2) is 29.3 Å². The van der Waals surface area contributed by atoms with Crippen molar-refractivity contribution in [2.24, 2.45) is 4.99 Å². The number of ether oxygens (including phenoxy) is 2. The lowest BCUT2D eigenvalue weighted by Gasteiger charge is -2.24. The van der Waals surface area contributed by atoms with Crippen LogP contribution in [0.2, 0.25) is 0 Å². The fourth-order valence-electron chi connectivity index (χ4n) is 2.68. The number of carbonyl (C=O) groups is 1. The molecule has 0 N–H and O–H groups in total. The molecule has 126 valence electrons. The molecule has 1 fully saturated rings. The molecule has 0 heterocycles. The highest BCUT2D eigenvalue weighted by Gasteiger charge is 2.31. The van der Waals surface area contributed by atoms with Crippen molar-refractivity contribution in [3.8, 4) is 5.75 Å². The monoisotopic (exact) mass is 317 g/mol. The molecule has 23 heavy (non-hydrogen) atoms. The third-order valence-electron chi connectivity index (χ3n) is 4.03. The second-order valence-electron chi connectivity index (χ2n) is 6.47. The van der Waals surface area contributed by atoms with Crippen LogP contribution >= 0.6 is 0 Å². The first kappa shape index (κ1) is 17.5. The predicted octanol–water partition coefficient (Wildman–Crippen LogP) is 4.16. The maximum absolute atomic E-state index is 11.8. The van der Waals surface area contributed by atoms with Gasteiger partial charge in [0.2, 0.25) is 0 Å². The van der Waals surface area contributed by atoms with Crippen LogP contribution in [0.5, 0.6) is 5.75 Å². The highest BCUT2D eigenvalue weighted by atomic mass is 16.6. The van der Waals surface area contributed by atoms with Gasteiger partial charge in [0.1, 0.15) is 5.75 Å². The summed E-state index contributed by atoms with van der Waals surface area (Å²) >= 11 is 0. The Labute approximate surface area is 138 Å². The van der Waals surface area contributed by atoms with Crippen LogP contribution in [0.1, 0.15) is 58.4 Å². The molecule has 0 saturated heterocycles. The molecule has 1 aliphatic rings. The quantitative estimate of drug-likeness (QED) is 0.585. The van der Waals surface area contributed by atoms with Gasteiger partial charge in [-0.1, -0.05) is 19.3 Å². The summed E-state index contributed by atoms with van der Waals surface area (Å²) in [6.45, 7) is 5.56. The van der Waals surface area contributed by atoms with E-state index in [1.165, 1.54) is 32.1 Å². The molecule has 0 amide bonds. The van der Waals surface area contributed by atoms with E-state index in [1.54, 1.807) is 20.8 Å². The Hall–Kier alpha value is -1.84. The van der Waals surface area contributed by atoms with Gasteiger partial charge < -0.3 is 9.47 Å². The average Bonchev–Trinajstić information content (AvgIpc) is 2.55. The van der Waals surface area contributed by atoms with Gasteiger partial charge in [-0.05, 0) is 63.4 Å². The SMILES string of the molecule is CCOC(=O)C(C)(C)Oc1ccc(C=NC2CCCCC2)cc1.